The Labute approximate surface area is 155 Å². The van der Waals surface area contributed by atoms with E-state index in [1.54, 1.807) is 29.2 Å². The van der Waals surface area contributed by atoms with Crippen molar-refractivity contribution in [1.82, 2.24) is 0 Å². The average Bonchev–Trinajstić information content (AvgIpc) is 3.10. The van der Waals surface area contributed by atoms with E-state index in [0.29, 0.717) is 18.5 Å². The number of carbonyl (C=O) groups is 3. The van der Waals surface area contributed by atoms with Gasteiger partial charge in [0.1, 0.15) is 11.6 Å². The first-order chi connectivity index (χ1) is 13.0. The summed E-state index contributed by atoms with van der Waals surface area (Å²) in [6.45, 7) is -0.171. The lowest BCUT2D eigenvalue weighted by atomic mass is 10.1. The minimum absolute atomic E-state index is 0.0707. The molecule has 1 saturated heterocycles. The molecule has 0 aliphatic carbocycles. The fraction of sp³-hybridized carbons (Fsp3) is 0.250. The number of carbonyl (C=O) groups excluding carboxylic acids is 3. The molecule has 0 radical (unpaired) electrons. The van der Waals surface area contributed by atoms with E-state index in [0.717, 1.165) is 18.2 Å². The van der Waals surface area contributed by atoms with Crippen molar-refractivity contribution in [3.8, 4) is 5.75 Å². The van der Waals surface area contributed by atoms with Crippen molar-refractivity contribution in [1.29, 1.82) is 0 Å². The first kappa shape index (κ1) is 18.6. The van der Waals surface area contributed by atoms with Crippen molar-refractivity contribution in [2.45, 2.75) is 12.8 Å². The Kier molecular flexibility index (Phi) is 5.80. The van der Waals surface area contributed by atoms with Crippen molar-refractivity contribution < 1.29 is 28.2 Å². The molecular formula is C20H18FNO5. The highest BCUT2D eigenvalue weighted by molar-refractivity contribution is 5.99. The summed E-state index contributed by atoms with van der Waals surface area (Å²) in [6.07, 6.45) is 1.36. The van der Waals surface area contributed by atoms with Gasteiger partial charge in [0.2, 0.25) is 5.91 Å². The summed E-state index contributed by atoms with van der Waals surface area (Å²) in [5.41, 5.74) is 1.12. The van der Waals surface area contributed by atoms with E-state index in [1.807, 2.05) is 0 Å². The predicted octanol–water partition coefficient (Wildman–Crippen LogP) is 2.76. The van der Waals surface area contributed by atoms with Crippen molar-refractivity contribution >= 4 is 23.3 Å². The molecule has 3 rings (SSSR count). The van der Waals surface area contributed by atoms with Gasteiger partial charge in [0.05, 0.1) is 0 Å². The second-order valence-corrected chi connectivity index (χ2v) is 6.03. The Balaban J connectivity index is 1.47. The second-order valence-electron chi connectivity index (χ2n) is 6.03. The zero-order chi connectivity index (χ0) is 19.2. The normalized spacial score (nSPS) is 13.5. The standard InChI is InChI=1S/C20H18FNO5/c21-15-3-1-4-17(11-15)26-13-20(25)27-12-18(23)14-6-8-16(9-7-14)22-10-2-5-19(22)24/h1,3-4,6-9,11H,2,5,10,12-13H2. The van der Waals surface area contributed by atoms with Gasteiger partial charge in [-0.05, 0) is 42.8 Å². The molecule has 0 bridgehead atoms. The van der Waals surface area contributed by atoms with E-state index in [1.165, 1.54) is 18.2 Å². The number of Topliss-reactive ketones (excluding diaryl/α,β-unsaturated/α-hetero) is 1. The predicted molar refractivity (Wildman–Crippen MR) is 95.2 cm³/mol. The molecule has 0 saturated carbocycles. The number of ketones is 1. The largest absolute Gasteiger partial charge is 0.482 e. The minimum atomic E-state index is -0.730. The summed E-state index contributed by atoms with van der Waals surface area (Å²) in [4.78, 5) is 37.2. The van der Waals surface area contributed by atoms with Crippen LogP contribution in [-0.4, -0.2) is 37.4 Å². The molecule has 140 valence electrons. The van der Waals surface area contributed by atoms with Crippen LogP contribution >= 0.6 is 0 Å². The van der Waals surface area contributed by atoms with Crippen molar-refractivity contribution in [3.63, 3.8) is 0 Å². The second kappa shape index (κ2) is 8.44. The number of ether oxygens (including phenoxy) is 2. The molecule has 1 fully saturated rings. The number of hydrogen-bond donors (Lipinski definition) is 0. The van der Waals surface area contributed by atoms with E-state index >= 15 is 0 Å². The molecule has 27 heavy (non-hydrogen) atoms. The third kappa shape index (κ3) is 4.91. The van der Waals surface area contributed by atoms with Crippen molar-refractivity contribution in [2.24, 2.45) is 0 Å². The van der Waals surface area contributed by atoms with Gasteiger partial charge >= 0.3 is 5.97 Å². The van der Waals surface area contributed by atoms with Gasteiger partial charge in [0.25, 0.3) is 0 Å². The highest BCUT2D eigenvalue weighted by Crippen LogP contribution is 2.21. The van der Waals surface area contributed by atoms with E-state index in [-0.39, 0.29) is 17.4 Å². The first-order valence-corrected chi connectivity index (χ1v) is 8.50. The van der Waals surface area contributed by atoms with Gasteiger partial charge in [-0.1, -0.05) is 6.07 Å². The quantitative estimate of drug-likeness (QED) is 0.553. The van der Waals surface area contributed by atoms with Crippen LogP contribution in [0.1, 0.15) is 23.2 Å². The van der Waals surface area contributed by atoms with Crippen LogP contribution in [-0.2, 0) is 14.3 Å². The molecule has 0 aromatic heterocycles. The van der Waals surface area contributed by atoms with Gasteiger partial charge in [-0.2, -0.15) is 0 Å². The zero-order valence-electron chi connectivity index (χ0n) is 14.5. The summed E-state index contributed by atoms with van der Waals surface area (Å²) in [6, 6.07) is 12.0. The molecule has 0 unspecified atom stereocenters. The average molecular weight is 371 g/mol. The summed E-state index contributed by atoms with van der Waals surface area (Å²) in [7, 11) is 0. The van der Waals surface area contributed by atoms with Crippen LogP contribution in [0.15, 0.2) is 48.5 Å². The van der Waals surface area contributed by atoms with Gasteiger partial charge in [-0.15, -0.1) is 0 Å². The maximum atomic E-state index is 13.0. The van der Waals surface area contributed by atoms with Crippen LogP contribution in [0.3, 0.4) is 0 Å². The summed E-state index contributed by atoms with van der Waals surface area (Å²) < 4.78 is 23.0. The van der Waals surface area contributed by atoms with Crippen LogP contribution in [0.5, 0.6) is 5.75 Å². The SMILES string of the molecule is O=C(COc1cccc(F)c1)OCC(=O)c1ccc(N2CCCC2=O)cc1. The number of rotatable bonds is 7. The lowest BCUT2D eigenvalue weighted by Crippen LogP contribution is -2.23. The Morgan fingerprint density at radius 3 is 2.52 bits per heavy atom. The molecule has 1 amide bonds. The van der Waals surface area contributed by atoms with Crippen molar-refractivity contribution in [2.75, 3.05) is 24.7 Å². The Bertz CT molecular complexity index is 850. The zero-order valence-corrected chi connectivity index (χ0v) is 14.5. The van der Waals surface area contributed by atoms with Crippen LogP contribution < -0.4 is 9.64 Å². The number of benzene rings is 2. The van der Waals surface area contributed by atoms with Crippen molar-refractivity contribution in [3.05, 3.63) is 59.9 Å². The molecule has 7 heteroatoms. The lowest BCUT2D eigenvalue weighted by molar-refractivity contribution is -0.144. The number of hydrogen-bond acceptors (Lipinski definition) is 5. The smallest absolute Gasteiger partial charge is 0.344 e. The molecule has 6 nitrogen and oxygen atoms in total. The van der Waals surface area contributed by atoms with E-state index in [2.05, 4.69) is 0 Å². The van der Waals surface area contributed by atoms with Crippen LogP contribution in [0.4, 0.5) is 10.1 Å². The fourth-order valence-corrected chi connectivity index (χ4v) is 2.72. The van der Waals surface area contributed by atoms with E-state index in [9.17, 15) is 18.8 Å². The van der Waals surface area contributed by atoms with E-state index < -0.39 is 25.0 Å². The number of esters is 1. The Hall–Kier alpha value is -3.22. The molecular weight excluding hydrogens is 353 g/mol. The fourth-order valence-electron chi connectivity index (χ4n) is 2.72. The number of amides is 1. The molecule has 1 aliphatic rings. The molecule has 0 N–H and O–H groups in total. The summed E-state index contributed by atoms with van der Waals surface area (Å²) >= 11 is 0. The number of nitrogens with zero attached hydrogens (tertiary/aromatic N) is 1. The van der Waals surface area contributed by atoms with E-state index in [4.69, 9.17) is 9.47 Å². The first-order valence-electron chi connectivity index (χ1n) is 8.50. The minimum Gasteiger partial charge on any atom is -0.482 e. The summed E-state index contributed by atoms with van der Waals surface area (Å²) in [5.74, 6) is -1.30. The Morgan fingerprint density at radius 2 is 1.85 bits per heavy atom. The number of anilines is 1. The third-order valence-corrected chi connectivity index (χ3v) is 4.09. The molecule has 1 aliphatic heterocycles. The lowest BCUT2D eigenvalue weighted by Gasteiger charge is -2.15. The molecule has 1 heterocycles. The van der Waals surface area contributed by atoms with Gasteiger partial charge in [0, 0.05) is 30.3 Å². The topological polar surface area (TPSA) is 72.9 Å². The van der Waals surface area contributed by atoms with Gasteiger partial charge in [-0.3, -0.25) is 9.59 Å². The molecule has 0 atom stereocenters. The molecule has 2 aromatic carbocycles. The highest BCUT2D eigenvalue weighted by atomic mass is 19.1. The third-order valence-electron chi connectivity index (χ3n) is 4.09. The van der Waals surface area contributed by atoms with Crippen LogP contribution in [0.25, 0.3) is 0 Å². The van der Waals surface area contributed by atoms with Gasteiger partial charge in [0.15, 0.2) is 19.0 Å². The van der Waals surface area contributed by atoms with Crippen LogP contribution in [0.2, 0.25) is 0 Å². The molecule has 2 aromatic rings. The monoisotopic (exact) mass is 371 g/mol. The van der Waals surface area contributed by atoms with Crippen LogP contribution in [0, 0.1) is 5.82 Å². The summed E-state index contributed by atoms with van der Waals surface area (Å²) in [5, 5.41) is 0. The Morgan fingerprint density at radius 1 is 1.07 bits per heavy atom. The van der Waals surface area contributed by atoms with Gasteiger partial charge in [-0.25, -0.2) is 9.18 Å². The number of halogens is 1. The maximum Gasteiger partial charge on any atom is 0.344 e. The van der Waals surface area contributed by atoms with Gasteiger partial charge < -0.3 is 14.4 Å². The maximum absolute atomic E-state index is 13.0. The molecule has 0 spiro atoms. The highest BCUT2D eigenvalue weighted by Gasteiger charge is 2.21.